The van der Waals surface area contributed by atoms with Crippen LogP contribution in [0.25, 0.3) is 0 Å². The Hall–Kier alpha value is -1.67. The molecular formula is C11H18ClN5O3. The summed E-state index contributed by atoms with van der Waals surface area (Å²) in [4.78, 5) is 23.8. The highest BCUT2D eigenvalue weighted by atomic mass is 35.5. The molecule has 1 saturated heterocycles. The van der Waals surface area contributed by atoms with Crippen molar-refractivity contribution in [1.82, 2.24) is 20.0 Å². The molecule has 2 heterocycles. The summed E-state index contributed by atoms with van der Waals surface area (Å²) in [5.74, 6) is 0.0712. The van der Waals surface area contributed by atoms with Gasteiger partial charge in [-0.1, -0.05) is 0 Å². The van der Waals surface area contributed by atoms with Gasteiger partial charge < -0.3 is 10.2 Å². The summed E-state index contributed by atoms with van der Waals surface area (Å²) in [7, 11) is 0. The van der Waals surface area contributed by atoms with Crippen LogP contribution in [0.1, 0.15) is 12.8 Å². The van der Waals surface area contributed by atoms with E-state index in [4.69, 9.17) is 0 Å². The maximum absolute atomic E-state index is 12.0. The van der Waals surface area contributed by atoms with Crippen LogP contribution in [-0.4, -0.2) is 51.7 Å². The number of amides is 1. The first kappa shape index (κ1) is 16.4. The van der Waals surface area contributed by atoms with Crippen molar-refractivity contribution in [3.05, 3.63) is 22.5 Å². The van der Waals surface area contributed by atoms with Crippen LogP contribution < -0.4 is 5.32 Å². The first-order valence-electron chi connectivity index (χ1n) is 6.32. The summed E-state index contributed by atoms with van der Waals surface area (Å²) >= 11 is 0. The molecule has 9 heteroatoms. The van der Waals surface area contributed by atoms with Gasteiger partial charge in [-0.2, -0.15) is 5.10 Å². The number of nitrogens with one attached hydrogen (secondary N) is 1. The minimum atomic E-state index is -0.494. The number of halogens is 1. The van der Waals surface area contributed by atoms with Gasteiger partial charge in [0.25, 0.3) is 0 Å². The molecule has 2 rings (SSSR count). The van der Waals surface area contributed by atoms with Crippen LogP contribution in [0.5, 0.6) is 0 Å². The lowest BCUT2D eigenvalue weighted by Gasteiger charge is -2.19. The Bertz CT molecular complexity index is 457. The fraction of sp³-hybridized carbons (Fsp3) is 0.636. The fourth-order valence-electron chi connectivity index (χ4n) is 2.03. The Balaban J connectivity index is 0.00000200. The van der Waals surface area contributed by atoms with Crippen LogP contribution in [0.2, 0.25) is 0 Å². The lowest BCUT2D eigenvalue weighted by atomic mass is 10.3. The Morgan fingerprint density at radius 1 is 1.45 bits per heavy atom. The number of carbonyl (C=O) groups excluding carboxylic acids is 1. The zero-order valence-electron chi connectivity index (χ0n) is 11.0. The normalized spacial score (nSPS) is 15.3. The molecule has 8 nitrogen and oxygen atoms in total. The first-order valence-corrected chi connectivity index (χ1v) is 6.32. The van der Waals surface area contributed by atoms with Gasteiger partial charge in [-0.25, -0.2) is 0 Å². The Morgan fingerprint density at radius 2 is 2.25 bits per heavy atom. The van der Waals surface area contributed by atoms with E-state index in [1.54, 1.807) is 0 Å². The molecule has 0 aromatic carbocycles. The van der Waals surface area contributed by atoms with E-state index in [-0.39, 0.29) is 24.0 Å². The standard InChI is InChI=1S/C11H17N5O3.ClH/c17-11(14-5-1-3-12-4-7-14)2-6-15-9-10(8-13-15)16(18)19;/h8-9,12H,1-7H2;1H. The molecule has 1 aliphatic rings. The van der Waals surface area contributed by atoms with Crippen LogP contribution in [-0.2, 0) is 11.3 Å². The van der Waals surface area contributed by atoms with E-state index in [1.165, 1.54) is 17.1 Å². The fourth-order valence-corrected chi connectivity index (χ4v) is 2.03. The van der Waals surface area contributed by atoms with Gasteiger partial charge in [0.05, 0.1) is 4.92 Å². The quantitative estimate of drug-likeness (QED) is 0.643. The van der Waals surface area contributed by atoms with Gasteiger partial charge in [-0.3, -0.25) is 19.6 Å². The Morgan fingerprint density at radius 3 is 2.95 bits per heavy atom. The van der Waals surface area contributed by atoms with Crippen LogP contribution in [0, 0.1) is 10.1 Å². The molecule has 0 aliphatic carbocycles. The monoisotopic (exact) mass is 303 g/mol. The van der Waals surface area contributed by atoms with E-state index in [1.807, 2.05) is 4.90 Å². The molecule has 1 aliphatic heterocycles. The number of rotatable bonds is 4. The number of hydrogen-bond acceptors (Lipinski definition) is 5. The van der Waals surface area contributed by atoms with Crippen molar-refractivity contribution >= 4 is 24.0 Å². The largest absolute Gasteiger partial charge is 0.341 e. The average Bonchev–Trinajstić information content (AvgIpc) is 2.70. The van der Waals surface area contributed by atoms with Gasteiger partial charge in [0.2, 0.25) is 5.91 Å². The van der Waals surface area contributed by atoms with E-state index in [0.717, 1.165) is 32.6 Å². The SMILES string of the molecule is Cl.O=C(CCn1cc([N+](=O)[O-])cn1)N1CCCNCC1. The highest BCUT2D eigenvalue weighted by molar-refractivity contribution is 5.85. The second kappa shape index (κ2) is 7.81. The molecule has 1 fully saturated rings. The van der Waals surface area contributed by atoms with Crippen molar-refractivity contribution in [3.63, 3.8) is 0 Å². The van der Waals surface area contributed by atoms with E-state index in [9.17, 15) is 14.9 Å². The first-order chi connectivity index (χ1) is 9.16. The number of nitro groups is 1. The molecular weight excluding hydrogens is 286 g/mol. The molecule has 20 heavy (non-hydrogen) atoms. The van der Waals surface area contributed by atoms with Gasteiger partial charge in [0.15, 0.2) is 0 Å². The smallest absolute Gasteiger partial charge is 0.306 e. The predicted molar refractivity (Wildman–Crippen MR) is 74.8 cm³/mol. The molecule has 0 saturated carbocycles. The Labute approximate surface area is 122 Å². The third-order valence-corrected chi connectivity index (χ3v) is 3.08. The second-order valence-electron chi connectivity index (χ2n) is 4.45. The molecule has 1 aromatic rings. The zero-order chi connectivity index (χ0) is 13.7. The topological polar surface area (TPSA) is 93.3 Å². The van der Waals surface area contributed by atoms with Crippen molar-refractivity contribution in [2.24, 2.45) is 0 Å². The second-order valence-corrected chi connectivity index (χ2v) is 4.45. The molecule has 0 bridgehead atoms. The van der Waals surface area contributed by atoms with E-state index in [0.29, 0.717) is 13.0 Å². The van der Waals surface area contributed by atoms with Crippen molar-refractivity contribution in [2.75, 3.05) is 26.2 Å². The van der Waals surface area contributed by atoms with Gasteiger partial charge in [0, 0.05) is 32.6 Å². The lowest BCUT2D eigenvalue weighted by Crippen LogP contribution is -2.34. The van der Waals surface area contributed by atoms with Crippen LogP contribution in [0.3, 0.4) is 0 Å². The highest BCUT2D eigenvalue weighted by Gasteiger charge is 2.16. The van der Waals surface area contributed by atoms with Gasteiger partial charge >= 0.3 is 5.69 Å². The van der Waals surface area contributed by atoms with Gasteiger partial charge in [-0.15, -0.1) is 12.4 Å². The lowest BCUT2D eigenvalue weighted by molar-refractivity contribution is -0.385. The van der Waals surface area contributed by atoms with E-state index >= 15 is 0 Å². The summed E-state index contributed by atoms with van der Waals surface area (Å²) < 4.78 is 1.44. The minimum Gasteiger partial charge on any atom is -0.341 e. The van der Waals surface area contributed by atoms with Crippen molar-refractivity contribution in [2.45, 2.75) is 19.4 Å². The number of aryl methyl sites for hydroxylation is 1. The molecule has 1 N–H and O–H groups in total. The molecule has 1 amide bonds. The van der Waals surface area contributed by atoms with Gasteiger partial charge in [0.1, 0.15) is 12.4 Å². The van der Waals surface area contributed by atoms with Crippen LogP contribution in [0.4, 0.5) is 5.69 Å². The number of aromatic nitrogens is 2. The number of nitrogens with zero attached hydrogens (tertiary/aromatic N) is 4. The third-order valence-electron chi connectivity index (χ3n) is 3.08. The average molecular weight is 304 g/mol. The molecule has 0 atom stereocenters. The van der Waals surface area contributed by atoms with E-state index < -0.39 is 4.92 Å². The summed E-state index contributed by atoms with van der Waals surface area (Å²) in [6.45, 7) is 3.62. The maximum atomic E-state index is 12.0. The summed E-state index contributed by atoms with van der Waals surface area (Å²) in [5.41, 5.74) is -0.0496. The summed E-state index contributed by atoms with van der Waals surface area (Å²) in [6.07, 6.45) is 3.81. The summed E-state index contributed by atoms with van der Waals surface area (Å²) in [5, 5.41) is 17.6. The van der Waals surface area contributed by atoms with Crippen LogP contribution in [0.15, 0.2) is 12.4 Å². The molecule has 112 valence electrons. The highest BCUT2D eigenvalue weighted by Crippen LogP contribution is 2.08. The third kappa shape index (κ3) is 4.46. The molecule has 1 aromatic heterocycles. The molecule has 0 unspecified atom stereocenters. The van der Waals surface area contributed by atoms with E-state index in [2.05, 4.69) is 10.4 Å². The summed E-state index contributed by atoms with van der Waals surface area (Å²) in [6, 6.07) is 0. The number of carbonyl (C=O) groups is 1. The van der Waals surface area contributed by atoms with Crippen LogP contribution >= 0.6 is 12.4 Å². The minimum absolute atomic E-state index is 0. The van der Waals surface area contributed by atoms with Crippen molar-refractivity contribution in [3.8, 4) is 0 Å². The molecule has 0 radical (unpaired) electrons. The maximum Gasteiger partial charge on any atom is 0.306 e. The van der Waals surface area contributed by atoms with Gasteiger partial charge in [-0.05, 0) is 13.0 Å². The Kier molecular flexibility index (Phi) is 6.40. The number of hydrogen-bond donors (Lipinski definition) is 1. The predicted octanol–water partition coefficient (Wildman–Crippen LogP) is 0.425. The zero-order valence-corrected chi connectivity index (χ0v) is 11.8. The van der Waals surface area contributed by atoms with Crippen molar-refractivity contribution in [1.29, 1.82) is 0 Å². The molecule has 0 spiro atoms. The van der Waals surface area contributed by atoms with Crippen molar-refractivity contribution < 1.29 is 9.72 Å².